The first-order valence-corrected chi connectivity index (χ1v) is 5.30. The maximum atomic E-state index is 8.73. The summed E-state index contributed by atoms with van der Waals surface area (Å²) in [6.45, 7) is 0.947. The second kappa shape index (κ2) is 4.81. The minimum absolute atomic E-state index is 0.197. The number of pyridine rings is 1. The van der Waals surface area contributed by atoms with Gasteiger partial charge < -0.3 is 16.2 Å². The molecule has 0 aliphatic heterocycles. The third-order valence-corrected chi connectivity index (χ3v) is 2.42. The first-order valence-electron chi connectivity index (χ1n) is 5.30. The van der Waals surface area contributed by atoms with Crippen LogP contribution in [0.1, 0.15) is 6.42 Å². The summed E-state index contributed by atoms with van der Waals surface area (Å²) in [7, 11) is 0. The van der Waals surface area contributed by atoms with Gasteiger partial charge in [-0.15, -0.1) is 0 Å². The van der Waals surface area contributed by atoms with E-state index in [0.29, 0.717) is 5.69 Å². The van der Waals surface area contributed by atoms with Crippen molar-refractivity contribution in [2.24, 2.45) is 0 Å². The fraction of sp³-hybridized carbons (Fsp3) is 0.250. The Hall–Kier alpha value is -1.81. The van der Waals surface area contributed by atoms with Gasteiger partial charge in [-0.25, -0.2) is 0 Å². The topological polar surface area (TPSA) is 71.2 Å². The van der Waals surface area contributed by atoms with E-state index in [1.54, 1.807) is 6.20 Å². The highest BCUT2D eigenvalue weighted by atomic mass is 16.3. The van der Waals surface area contributed by atoms with E-state index in [-0.39, 0.29) is 6.61 Å². The molecule has 1 aromatic heterocycles. The van der Waals surface area contributed by atoms with E-state index in [1.165, 1.54) is 0 Å². The molecule has 0 aliphatic rings. The quantitative estimate of drug-likeness (QED) is 0.537. The van der Waals surface area contributed by atoms with Crippen molar-refractivity contribution in [1.29, 1.82) is 0 Å². The summed E-state index contributed by atoms with van der Waals surface area (Å²) in [4.78, 5) is 4.26. The van der Waals surface area contributed by atoms with Crippen LogP contribution in [0.3, 0.4) is 0 Å². The molecule has 16 heavy (non-hydrogen) atoms. The van der Waals surface area contributed by atoms with Crippen LogP contribution in [0.4, 0.5) is 11.4 Å². The summed E-state index contributed by atoms with van der Waals surface area (Å²) in [5, 5.41) is 13.0. The third kappa shape index (κ3) is 2.23. The van der Waals surface area contributed by atoms with Crippen LogP contribution in [0.5, 0.6) is 0 Å². The number of aromatic nitrogens is 1. The first-order chi connectivity index (χ1) is 7.81. The number of nitrogens with two attached hydrogens (primary N) is 1. The van der Waals surface area contributed by atoms with Crippen molar-refractivity contribution in [3.05, 3.63) is 30.5 Å². The third-order valence-electron chi connectivity index (χ3n) is 2.42. The highest BCUT2D eigenvalue weighted by Crippen LogP contribution is 2.23. The smallest absolute Gasteiger partial charge is 0.0743 e. The number of anilines is 2. The predicted octanol–water partition coefficient (Wildman–Crippen LogP) is 1.61. The second-order valence-electron chi connectivity index (χ2n) is 3.64. The lowest BCUT2D eigenvalue weighted by Crippen LogP contribution is -2.04. The zero-order chi connectivity index (χ0) is 11.4. The van der Waals surface area contributed by atoms with Crippen LogP contribution < -0.4 is 11.1 Å². The van der Waals surface area contributed by atoms with Crippen molar-refractivity contribution in [3.8, 4) is 0 Å². The fourth-order valence-electron chi connectivity index (χ4n) is 1.62. The molecule has 0 radical (unpaired) electrons. The molecule has 0 saturated heterocycles. The molecule has 0 bridgehead atoms. The molecule has 0 saturated carbocycles. The van der Waals surface area contributed by atoms with E-state index < -0.39 is 0 Å². The lowest BCUT2D eigenvalue weighted by Gasteiger charge is -2.08. The standard InChI is InChI=1S/C12H15N3O/c13-9-2-3-10-11(14-5-1-7-16)4-6-15-12(10)8-9/h2-4,6,8,16H,1,5,7,13H2,(H,14,15). The number of fused-ring (bicyclic) bond motifs is 1. The Bertz CT molecular complexity index is 485. The van der Waals surface area contributed by atoms with Crippen LogP contribution in [0.25, 0.3) is 10.9 Å². The zero-order valence-corrected chi connectivity index (χ0v) is 8.98. The number of aliphatic hydroxyl groups is 1. The van der Waals surface area contributed by atoms with E-state index in [0.717, 1.165) is 29.6 Å². The number of hydrogen-bond donors (Lipinski definition) is 3. The van der Waals surface area contributed by atoms with Gasteiger partial charge in [-0.05, 0) is 30.7 Å². The van der Waals surface area contributed by atoms with E-state index in [1.807, 2.05) is 24.3 Å². The minimum atomic E-state index is 0.197. The molecule has 1 heterocycles. The van der Waals surface area contributed by atoms with Crippen molar-refractivity contribution in [3.63, 3.8) is 0 Å². The number of hydrogen-bond acceptors (Lipinski definition) is 4. The molecule has 0 amide bonds. The minimum Gasteiger partial charge on any atom is -0.399 e. The Morgan fingerprint density at radius 1 is 1.31 bits per heavy atom. The van der Waals surface area contributed by atoms with Gasteiger partial charge in [0.1, 0.15) is 0 Å². The molecule has 4 N–H and O–H groups in total. The maximum Gasteiger partial charge on any atom is 0.0743 e. The normalized spacial score (nSPS) is 10.6. The lowest BCUT2D eigenvalue weighted by molar-refractivity contribution is 0.292. The number of benzene rings is 1. The summed E-state index contributed by atoms with van der Waals surface area (Å²) in [5.74, 6) is 0. The predicted molar refractivity (Wildman–Crippen MR) is 66.3 cm³/mol. The van der Waals surface area contributed by atoms with Crippen LogP contribution in [0, 0.1) is 0 Å². The molecule has 84 valence electrons. The molecular formula is C12H15N3O. The van der Waals surface area contributed by atoms with Gasteiger partial charge >= 0.3 is 0 Å². The summed E-state index contributed by atoms with van der Waals surface area (Å²) < 4.78 is 0. The van der Waals surface area contributed by atoms with Gasteiger partial charge in [-0.3, -0.25) is 4.98 Å². The number of aliphatic hydroxyl groups excluding tert-OH is 1. The zero-order valence-electron chi connectivity index (χ0n) is 8.98. The summed E-state index contributed by atoms with van der Waals surface area (Å²) in [6.07, 6.45) is 2.49. The SMILES string of the molecule is Nc1ccc2c(NCCCO)ccnc2c1. The van der Waals surface area contributed by atoms with Crippen molar-refractivity contribution in [1.82, 2.24) is 4.98 Å². The molecule has 4 nitrogen and oxygen atoms in total. The Morgan fingerprint density at radius 3 is 3.00 bits per heavy atom. The average Bonchev–Trinajstić information content (AvgIpc) is 2.29. The van der Waals surface area contributed by atoms with E-state index in [9.17, 15) is 0 Å². The Labute approximate surface area is 94.1 Å². The van der Waals surface area contributed by atoms with Gasteiger partial charge in [0.05, 0.1) is 5.52 Å². The number of rotatable bonds is 4. The van der Waals surface area contributed by atoms with E-state index in [2.05, 4.69) is 10.3 Å². The fourth-order valence-corrected chi connectivity index (χ4v) is 1.62. The Morgan fingerprint density at radius 2 is 2.19 bits per heavy atom. The monoisotopic (exact) mass is 217 g/mol. The molecule has 2 rings (SSSR count). The van der Waals surface area contributed by atoms with Crippen molar-refractivity contribution < 1.29 is 5.11 Å². The van der Waals surface area contributed by atoms with Crippen molar-refractivity contribution in [2.45, 2.75) is 6.42 Å². The molecule has 2 aromatic rings. The van der Waals surface area contributed by atoms with Gasteiger partial charge in [-0.1, -0.05) is 0 Å². The Kier molecular flexibility index (Phi) is 3.22. The molecule has 0 spiro atoms. The van der Waals surface area contributed by atoms with Crippen LogP contribution in [-0.2, 0) is 0 Å². The summed E-state index contributed by atoms with van der Waals surface area (Å²) >= 11 is 0. The van der Waals surface area contributed by atoms with Crippen LogP contribution in [0.2, 0.25) is 0 Å². The highest BCUT2D eigenvalue weighted by molar-refractivity contribution is 5.92. The molecule has 0 fully saturated rings. The van der Waals surface area contributed by atoms with Gasteiger partial charge in [0, 0.05) is 36.1 Å². The molecule has 0 aliphatic carbocycles. The first kappa shape index (κ1) is 10.7. The largest absolute Gasteiger partial charge is 0.399 e. The van der Waals surface area contributed by atoms with Crippen LogP contribution in [0.15, 0.2) is 30.5 Å². The molecule has 4 heteroatoms. The number of nitrogens with zero attached hydrogens (tertiary/aromatic N) is 1. The summed E-state index contributed by atoms with van der Waals surface area (Å²) in [5.41, 5.74) is 8.33. The molecule has 1 aromatic carbocycles. The number of nitrogens with one attached hydrogen (secondary N) is 1. The van der Waals surface area contributed by atoms with Crippen LogP contribution >= 0.6 is 0 Å². The average molecular weight is 217 g/mol. The van der Waals surface area contributed by atoms with E-state index in [4.69, 9.17) is 10.8 Å². The van der Waals surface area contributed by atoms with Gasteiger partial charge in [0.15, 0.2) is 0 Å². The molecule has 0 atom stereocenters. The van der Waals surface area contributed by atoms with E-state index >= 15 is 0 Å². The summed E-state index contributed by atoms with van der Waals surface area (Å²) in [6, 6.07) is 7.60. The van der Waals surface area contributed by atoms with Crippen molar-refractivity contribution in [2.75, 3.05) is 24.2 Å². The molecular weight excluding hydrogens is 202 g/mol. The second-order valence-corrected chi connectivity index (χ2v) is 3.64. The van der Waals surface area contributed by atoms with Crippen molar-refractivity contribution >= 4 is 22.3 Å². The van der Waals surface area contributed by atoms with Crippen LogP contribution in [-0.4, -0.2) is 23.2 Å². The maximum absolute atomic E-state index is 8.73. The van der Waals surface area contributed by atoms with Gasteiger partial charge in [0.25, 0.3) is 0 Å². The van der Waals surface area contributed by atoms with Gasteiger partial charge in [0.2, 0.25) is 0 Å². The Balaban J connectivity index is 2.30. The molecule has 0 unspecified atom stereocenters. The highest BCUT2D eigenvalue weighted by Gasteiger charge is 2.01. The van der Waals surface area contributed by atoms with Gasteiger partial charge in [-0.2, -0.15) is 0 Å². The lowest BCUT2D eigenvalue weighted by atomic mass is 10.1. The number of nitrogen functional groups attached to an aromatic ring is 1.